The lowest BCUT2D eigenvalue weighted by Crippen LogP contribution is -2.42. The van der Waals surface area contributed by atoms with Gasteiger partial charge in [0.15, 0.2) is 0 Å². The minimum absolute atomic E-state index is 0.0293. The van der Waals surface area contributed by atoms with Crippen LogP contribution in [0.3, 0.4) is 0 Å². The van der Waals surface area contributed by atoms with Crippen LogP contribution >= 0.6 is 0 Å². The van der Waals surface area contributed by atoms with Crippen LogP contribution in [0.4, 0.5) is 0 Å². The van der Waals surface area contributed by atoms with E-state index in [-0.39, 0.29) is 24.3 Å². The molecule has 0 bridgehead atoms. The third-order valence-corrected chi connectivity index (χ3v) is 3.34. The lowest BCUT2D eigenvalue weighted by molar-refractivity contribution is -0.140. The Morgan fingerprint density at radius 1 is 1.19 bits per heavy atom. The number of nitrogens with two attached hydrogens (primary N) is 1. The Kier molecular flexibility index (Phi) is 9.99. The first-order valence-electron chi connectivity index (χ1n) is 7.48. The molecule has 0 aromatic rings. The zero-order valence-corrected chi connectivity index (χ0v) is 14.1. The maximum absolute atomic E-state index is 12.4. The van der Waals surface area contributed by atoms with Crippen molar-refractivity contribution in [1.82, 2.24) is 9.80 Å². The van der Waals surface area contributed by atoms with Gasteiger partial charge in [0.1, 0.15) is 0 Å². The van der Waals surface area contributed by atoms with Gasteiger partial charge in [-0.2, -0.15) is 0 Å². The maximum Gasteiger partial charge on any atom is 0.241 e. The lowest BCUT2D eigenvalue weighted by Gasteiger charge is -2.26. The fourth-order valence-corrected chi connectivity index (χ4v) is 2.10. The van der Waals surface area contributed by atoms with Crippen molar-refractivity contribution in [3.05, 3.63) is 0 Å². The number of amides is 2. The predicted octanol–water partition coefficient (Wildman–Crippen LogP) is 0.561. The molecule has 0 aromatic heterocycles. The summed E-state index contributed by atoms with van der Waals surface area (Å²) >= 11 is 0. The van der Waals surface area contributed by atoms with E-state index in [1.807, 2.05) is 0 Å². The Morgan fingerprint density at radius 2 is 1.81 bits per heavy atom. The molecule has 0 aliphatic rings. The number of rotatable bonds is 10. The van der Waals surface area contributed by atoms with Gasteiger partial charge in [0.2, 0.25) is 11.8 Å². The van der Waals surface area contributed by atoms with Crippen molar-refractivity contribution in [2.75, 3.05) is 47.4 Å². The Morgan fingerprint density at radius 3 is 2.24 bits per heavy atom. The summed E-state index contributed by atoms with van der Waals surface area (Å²) in [4.78, 5) is 27.3. The SMILES string of the molecule is COCCN(CC(=O)N(C)C)C(=O)C[C@@H](CN)CC(C)C. The van der Waals surface area contributed by atoms with Gasteiger partial charge in [0.25, 0.3) is 0 Å². The molecule has 6 heteroatoms. The van der Waals surface area contributed by atoms with Crippen LogP contribution in [-0.4, -0.2) is 69.1 Å². The monoisotopic (exact) mass is 301 g/mol. The van der Waals surface area contributed by atoms with E-state index in [0.29, 0.717) is 32.0 Å². The van der Waals surface area contributed by atoms with Crippen LogP contribution in [0.5, 0.6) is 0 Å². The molecule has 0 rings (SSSR count). The summed E-state index contributed by atoms with van der Waals surface area (Å²) in [7, 11) is 4.95. The highest BCUT2D eigenvalue weighted by molar-refractivity contribution is 5.84. The minimum Gasteiger partial charge on any atom is -0.383 e. The Bertz CT molecular complexity index is 319. The molecular formula is C15H31N3O3. The molecule has 124 valence electrons. The number of nitrogens with zero attached hydrogens (tertiary/aromatic N) is 2. The summed E-state index contributed by atoms with van der Waals surface area (Å²) in [5.74, 6) is 0.546. The highest BCUT2D eigenvalue weighted by Gasteiger charge is 2.21. The topological polar surface area (TPSA) is 75.9 Å². The van der Waals surface area contributed by atoms with Gasteiger partial charge in [-0.25, -0.2) is 0 Å². The molecule has 2 amide bonds. The Balaban J connectivity index is 4.65. The fraction of sp³-hybridized carbons (Fsp3) is 0.867. The molecule has 0 aliphatic carbocycles. The van der Waals surface area contributed by atoms with Crippen LogP contribution in [0.2, 0.25) is 0 Å². The van der Waals surface area contributed by atoms with E-state index in [1.165, 1.54) is 4.90 Å². The molecule has 6 nitrogen and oxygen atoms in total. The summed E-state index contributed by atoms with van der Waals surface area (Å²) in [5.41, 5.74) is 5.75. The Hall–Kier alpha value is -1.14. The highest BCUT2D eigenvalue weighted by Crippen LogP contribution is 2.15. The van der Waals surface area contributed by atoms with Gasteiger partial charge >= 0.3 is 0 Å². The molecule has 0 fully saturated rings. The third-order valence-electron chi connectivity index (χ3n) is 3.34. The Labute approximate surface area is 128 Å². The van der Waals surface area contributed by atoms with Crippen molar-refractivity contribution in [3.8, 4) is 0 Å². The fourth-order valence-electron chi connectivity index (χ4n) is 2.10. The number of ether oxygens (including phenoxy) is 1. The van der Waals surface area contributed by atoms with Crippen molar-refractivity contribution in [2.45, 2.75) is 26.7 Å². The molecule has 0 aliphatic heterocycles. The first-order chi connectivity index (χ1) is 9.81. The van der Waals surface area contributed by atoms with E-state index >= 15 is 0 Å². The first-order valence-corrected chi connectivity index (χ1v) is 7.48. The van der Waals surface area contributed by atoms with Crippen LogP contribution in [0.15, 0.2) is 0 Å². The van der Waals surface area contributed by atoms with Crippen LogP contribution in [0, 0.1) is 11.8 Å². The number of hydrogen-bond acceptors (Lipinski definition) is 4. The van der Waals surface area contributed by atoms with Crippen LogP contribution in [0.25, 0.3) is 0 Å². The average molecular weight is 301 g/mol. The maximum atomic E-state index is 12.4. The third kappa shape index (κ3) is 8.67. The summed E-state index contributed by atoms with van der Waals surface area (Å²) in [6.07, 6.45) is 1.31. The van der Waals surface area contributed by atoms with Crippen LogP contribution in [0.1, 0.15) is 26.7 Å². The van der Waals surface area contributed by atoms with E-state index in [9.17, 15) is 9.59 Å². The number of carbonyl (C=O) groups is 2. The van der Waals surface area contributed by atoms with Gasteiger partial charge < -0.3 is 20.3 Å². The average Bonchev–Trinajstić information content (AvgIpc) is 2.41. The van der Waals surface area contributed by atoms with E-state index in [0.717, 1.165) is 6.42 Å². The predicted molar refractivity (Wildman–Crippen MR) is 83.8 cm³/mol. The quantitative estimate of drug-likeness (QED) is 0.640. The van der Waals surface area contributed by atoms with Gasteiger partial charge in [-0.3, -0.25) is 9.59 Å². The molecular weight excluding hydrogens is 270 g/mol. The standard InChI is InChI=1S/C15H31N3O3/c1-12(2)8-13(10-16)9-14(19)18(6-7-21-5)11-15(20)17(3)4/h12-13H,6-11,16H2,1-5H3/t13-/m0/s1. The van der Waals surface area contributed by atoms with Crippen LogP contribution < -0.4 is 5.73 Å². The van der Waals surface area contributed by atoms with Gasteiger partial charge in [-0.05, 0) is 24.8 Å². The number of hydrogen-bond donors (Lipinski definition) is 1. The zero-order valence-electron chi connectivity index (χ0n) is 14.1. The van der Waals surface area contributed by atoms with Crippen LogP contribution in [-0.2, 0) is 14.3 Å². The molecule has 0 aromatic carbocycles. The minimum atomic E-state index is -0.0902. The second-order valence-corrected chi connectivity index (χ2v) is 6.03. The van der Waals surface area contributed by atoms with E-state index in [2.05, 4.69) is 13.8 Å². The number of likely N-dealkylation sites (N-methyl/N-ethyl adjacent to an activating group) is 1. The first kappa shape index (κ1) is 19.9. The van der Waals surface area contributed by atoms with E-state index in [4.69, 9.17) is 10.5 Å². The van der Waals surface area contributed by atoms with E-state index in [1.54, 1.807) is 26.1 Å². The number of carbonyl (C=O) groups excluding carboxylic acids is 2. The normalized spacial score (nSPS) is 12.3. The van der Waals surface area contributed by atoms with Gasteiger partial charge in [0.05, 0.1) is 13.2 Å². The molecule has 0 heterocycles. The van der Waals surface area contributed by atoms with Crippen molar-refractivity contribution < 1.29 is 14.3 Å². The van der Waals surface area contributed by atoms with Gasteiger partial charge in [-0.1, -0.05) is 13.8 Å². The lowest BCUT2D eigenvalue weighted by atomic mass is 9.94. The second-order valence-electron chi connectivity index (χ2n) is 6.03. The van der Waals surface area contributed by atoms with Gasteiger partial charge in [0, 0.05) is 34.2 Å². The second kappa shape index (κ2) is 10.6. The smallest absolute Gasteiger partial charge is 0.241 e. The van der Waals surface area contributed by atoms with Crippen molar-refractivity contribution >= 4 is 11.8 Å². The molecule has 0 unspecified atom stereocenters. The summed E-state index contributed by atoms with van der Waals surface area (Å²) in [6, 6.07) is 0. The van der Waals surface area contributed by atoms with Crippen molar-refractivity contribution in [2.24, 2.45) is 17.6 Å². The van der Waals surface area contributed by atoms with Gasteiger partial charge in [-0.15, -0.1) is 0 Å². The molecule has 1 atom stereocenters. The molecule has 0 saturated heterocycles. The zero-order chi connectivity index (χ0) is 16.4. The molecule has 0 saturated carbocycles. The summed E-state index contributed by atoms with van der Waals surface area (Å²) in [6.45, 7) is 5.66. The largest absolute Gasteiger partial charge is 0.383 e. The number of methoxy groups -OCH3 is 1. The molecule has 0 spiro atoms. The van der Waals surface area contributed by atoms with E-state index < -0.39 is 0 Å². The van der Waals surface area contributed by atoms with Crippen molar-refractivity contribution in [3.63, 3.8) is 0 Å². The highest BCUT2D eigenvalue weighted by atomic mass is 16.5. The van der Waals surface area contributed by atoms with Crippen molar-refractivity contribution in [1.29, 1.82) is 0 Å². The molecule has 2 N–H and O–H groups in total. The molecule has 0 radical (unpaired) electrons. The summed E-state index contributed by atoms with van der Waals surface area (Å²) in [5, 5.41) is 0. The summed E-state index contributed by atoms with van der Waals surface area (Å²) < 4.78 is 5.02. The molecule has 21 heavy (non-hydrogen) atoms.